The number of nitrogens with one attached hydrogen (secondary N) is 2. The molecule has 1 aliphatic rings. The second-order valence-electron chi connectivity index (χ2n) is 6.59. The molecule has 1 atom stereocenters. The third kappa shape index (κ3) is 4.10. The Balaban J connectivity index is 1.42. The maximum absolute atomic E-state index is 12.7. The first-order valence-corrected chi connectivity index (χ1v) is 9.84. The summed E-state index contributed by atoms with van der Waals surface area (Å²) in [4.78, 5) is 20.5. The molecule has 1 unspecified atom stereocenters. The zero-order valence-electron chi connectivity index (χ0n) is 15.2. The van der Waals surface area contributed by atoms with Crippen molar-refractivity contribution in [2.24, 2.45) is 7.05 Å². The summed E-state index contributed by atoms with van der Waals surface area (Å²) in [7, 11) is 1.98. The SMILES string of the molecule is Cn1ccnc1C1CNCCN1CC(=O)Nc1ccnn1Cc1cccs1. The van der Waals surface area contributed by atoms with Gasteiger partial charge in [-0.25, -0.2) is 9.67 Å². The number of imidazole rings is 1. The molecule has 0 radical (unpaired) electrons. The van der Waals surface area contributed by atoms with Crippen molar-refractivity contribution >= 4 is 23.1 Å². The van der Waals surface area contributed by atoms with E-state index in [0.29, 0.717) is 13.1 Å². The van der Waals surface area contributed by atoms with Crippen molar-refractivity contribution in [3.63, 3.8) is 0 Å². The number of aryl methyl sites for hydroxylation is 1. The first-order valence-electron chi connectivity index (χ1n) is 8.97. The number of amides is 1. The summed E-state index contributed by atoms with van der Waals surface area (Å²) in [6.45, 7) is 3.44. The molecular formula is C18H23N7OS. The molecule has 0 aliphatic carbocycles. The van der Waals surface area contributed by atoms with Gasteiger partial charge in [-0.15, -0.1) is 11.3 Å². The Bertz CT molecular complexity index is 885. The highest BCUT2D eigenvalue weighted by atomic mass is 32.1. The number of nitrogens with zero attached hydrogens (tertiary/aromatic N) is 5. The molecule has 0 saturated carbocycles. The molecule has 0 spiro atoms. The highest BCUT2D eigenvalue weighted by molar-refractivity contribution is 7.09. The largest absolute Gasteiger partial charge is 0.337 e. The van der Waals surface area contributed by atoms with Crippen molar-refractivity contribution < 1.29 is 4.79 Å². The maximum Gasteiger partial charge on any atom is 0.239 e. The quantitative estimate of drug-likeness (QED) is 0.669. The Morgan fingerprint density at radius 2 is 2.33 bits per heavy atom. The van der Waals surface area contributed by atoms with Gasteiger partial charge in [0, 0.05) is 50.0 Å². The predicted molar refractivity (Wildman–Crippen MR) is 105 cm³/mol. The van der Waals surface area contributed by atoms with Crippen LogP contribution in [-0.4, -0.2) is 56.3 Å². The van der Waals surface area contributed by atoms with Crippen LogP contribution in [0.25, 0.3) is 0 Å². The first-order chi connectivity index (χ1) is 13.2. The Kier molecular flexibility index (Phi) is 5.33. The van der Waals surface area contributed by atoms with Crippen molar-refractivity contribution in [1.29, 1.82) is 0 Å². The van der Waals surface area contributed by atoms with Crippen molar-refractivity contribution in [3.05, 3.63) is 52.9 Å². The number of carbonyl (C=O) groups excluding carboxylic acids is 1. The fourth-order valence-corrected chi connectivity index (χ4v) is 4.06. The Morgan fingerprint density at radius 1 is 1.41 bits per heavy atom. The summed E-state index contributed by atoms with van der Waals surface area (Å²) in [5.74, 6) is 1.65. The number of carbonyl (C=O) groups is 1. The lowest BCUT2D eigenvalue weighted by Gasteiger charge is -2.35. The molecule has 142 valence electrons. The fraction of sp³-hybridized carbons (Fsp3) is 0.389. The third-order valence-electron chi connectivity index (χ3n) is 4.73. The predicted octanol–water partition coefficient (Wildman–Crippen LogP) is 1.31. The number of thiophene rings is 1. The Morgan fingerprint density at radius 3 is 3.11 bits per heavy atom. The van der Waals surface area contributed by atoms with E-state index in [1.165, 1.54) is 4.88 Å². The number of hydrogen-bond donors (Lipinski definition) is 2. The molecule has 1 aliphatic heterocycles. The van der Waals surface area contributed by atoms with Crippen LogP contribution in [0.3, 0.4) is 0 Å². The maximum atomic E-state index is 12.7. The minimum absolute atomic E-state index is 0.0379. The number of rotatable bonds is 6. The van der Waals surface area contributed by atoms with E-state index in [4.69, 9.17) is 0 Å². The highest BCUT2D eigenvalue weighted by Gasteiger charge is 2.28. The van der Waals surface area contributed by atoms with E-state index in [0.717, 1.165) is 31.3 Å². The minimum atomic E-state index is -0.0379. The van der Waals surface area contributed by atoms with Gasteiger partial charge in [-0.2, -0.15) is 5.10 Å². The van der Waals surface area contributed by atoms with Crippen molar-refractivity contribution in [2.45, 2.75) is 12.6 Å². The lowest BCUT2D eigenvalue weighted by molar-refractivity contribution is -0.118. The molecule has 1 saturated heterocycles. The van der Waals surface area contributed by atoms with Crippen molar-refractivity contribution in [3.8, 4) is 0 Å². The molecule has 3 aromatic rings. The summed E-state index contributed by atoms with van der Waals surface area (Å²) < 4.78 is 3.83. The molecule has 2 N–H and O–H groups in total. The number of aromatic nitrogens is 4. The molecule has 27 heavy (non-hydrogen) atoms. The standard InChI is InChI=1S/C18H23N7OS/c1-23-8-7-20-18(23)15-11-19-6-9-24(15)13-17(26)22-16-4-5-21-25(16)12-14-3-2-10-27-14/h2-5,7-8,10,15,19H,6,9,11-13H2,1H3,(H,22,26). The minimum Gasteiger partial charge on any atom is -0.337 e. The number of piperazine rings is 1. The van der Waals surface area contributed by atoms with Gasteiger partial charge in [0.15, 0.2) is 0 Å². The molecule has 4 rings (SSSR count). The summed E-state index contributed by atoms with van der Waals surface area (Å²) in [5.41, 5.74) is 0. The zero-order chi connectivity index (χ0) is 18.6. The third-order valence-corrected chi connectivity index (χ3v) is 5.59. The van der Waals surface area contributed by atoms with Crippen LogP contribution in [-0.2, 0) is 18.4 Å². The van der Waals surface area contributed by atoms with E-state index in [2.05, 4.69) is 31.7 Å². The van der Waals surface area contributed by atoms with Gasteiger partial charge in [-0.1, -0.05) is 6.07 Å². The molecule has 3 aromatic heterocycles. The van der Waals surface area contributed by atoms with Crippen LogP contribution < -0.4 is 10.6 Å². The van der Waals surface area contributed by atoms with E-state index in [9.17, 15) is 4.79 Å². The summed E-state index contributed by atoms with van der Waals surface area (Å²) in [6.07, 6.45) is 5.45. The van der Waals surface area contributed by atoms with Crippen molar-refractivity contribution in [1.82, 2.24) is 29.5 Å². The van der Waals surface area contributed by atoms with Crippen LogP contribution in [0.2, 0.25) is 0 Å². The average molecular weight is 385 g/mol. The van der Waals surface area contributed by atoms with E-state index in [1.807, 2.05) is 40.0 Å². The molecule has 1 amide bonds. The lowest BCUT2D eigenvalue weighted by Crippen LogP contribution is -2.49. The van der Waals surface area contributed by atoms with Gasteiger partial charge >= 0.3 is 0 Å². The van der Waals surface area contributed by atoms with Gasteiger partial charge in [-0.3, -0.25) is 9.69 Å². The highest BCUT2D eigenvalue weighted by Crippen LogP contribution is 2.20. The fourth-order valence-electron chi connectivity index (χ4n) is 3.37. The van der Waals surface area contributed by atoms with E-state index < -0.39 is 0 Å². The van der Waals surface area contributed by atoms with Gasteiger partial charge in [-0.05, 0) is 11.4 Å². The average Bonchev–Trinajstić information content (AvgIpc) is 3.40. The monoisotopic (exact) mass is 385 g/mol. The second kappa shape index (κ2) is 8.03. The summed E-state index contributed by atoms with van der Waals surface area (Å²) in [5, 5.41) is 12.8. The van der Waals surface area contributed by atoms with Gasteiger partial charge in [0.1, 0.15) is 11.6 Å². The zero-order valence-corrected chi connectivity index (χ0v) is 16.0. The van der Waals surface area contributed by atoms with Gasteiger partial charge < -0.3 is 15.2 Å². The van der Waals surface area contributed by atoms with Crippen LogP contribution in [0.15, 0.2) is 42.2 Å². The van der Waals surface area contributed by atoms with Crippen LogP contribution >= 0.6 is 11.3 Å². The van der Waals surface area contributed by atoms with Crippen LogP contribution in [0.5, 0.6) is 0 Å². The van der Waals surface area contributed by atoms with Gasteiger partial charge in [0.05, 0.1) is 25.3 Å². The smallest absolute Gasteiger partial charge is 0.239 e. The molecule has 1 fully saturated rings. The van der Waals surface area contributed by atoms with Gasteiger partial charge in [0.25, 0.3) is 0 Å². The van der Waals surface area contributed by atoms with Gasteiger partial charge in [0.2, 0.25) is 5.91 Å². The van der Waals surface area contributed by atoms with Crippen LogP contribution in [0.1, 0.15) is 16.7 Å². The lowest BCUT2D eigenvalue weighted by atomic mass is 10.1. The molecule has 9 heteroatoms. The Hall–Kier alpha value is -2.49. The molecule has 8 nitrogen and oxygen atoms in total. The van der Waals surface area contributed by atoms with Crippen LogP contribution in [0.4, 0.5) is 5.82 Å². The van der Waals surface area contributed by atoms with Crippen molar-refractivity contribution in [2.75, 3.05) is 31.5 Å². The molecular weight excluding hydrogens is 362 g/mol. The van der Waals surface area contributed by atoms with Crippen LogP contribution in [0, 0.1) is 0 Å². The van der Waals surface area contributed by atoms with E-state index >= 15 is 0 Å². The Labute approximate surface area is 161 Å². The van der Waals surface area contributed by atoms with E-state index in [-0.39, 0.29) is 11.9 Å². The number of anilines is 1. The normalized spacial score (nSPS) is 17.9. The summed E-state index contributed by atoms with van der Waals surface area (Å²) in [6, 6.07) is 6.00. The molecule has 4 heterocycles. The second-order valence-corrected chi connectivity index (χ2v) is 7.62. The van der Waals surface area contributed by atoms with E-state index in [1.54, 1.807) is 23.7 Å². The summed E-state index contributed by atoms with van der Waals surface area (Å²) >= 11 is 1.68. The molecule has 0 bridgehead atoms. The number of hydrogen-bond acceptors (Lipinski definition) is 6. The topological polar surface area (TPSA) is 80.0 Å². The molecule has 0 aromatic carbocycles. The first kappa shape index (κ1) is 17.9.